The monoisotopic (exact) mass is 260 g/mol. The van der Waals surface area contributed by atoms with Crippen molar-refractivity contribution in [2.24, 2.45) is 10.9 Å². The maximum absolute atomic E-state index is 12.8. The molecule has 0 amide bonds. The number of benzene rings is 2. The van der Waals surface area contributed by atoms with Gasteiger partial charge in [-0.15, -0.1) is 0 Å². The van der Waals surface area contributed by atoms with E-state index in [9.17, 15) is 4.39 Å². The molecule has 0 saturated heterocycles. The molecule has 2 aromatic rings. The molecular formula is C14H13FN2O2. The van der Waals surface area contributed by atoms with Gasteiger partial charge in [-0.1, -0.05) is 11.2 Å². The Morgan fingerprint density at radius 1 is 1.21 bits per heavy atom. The Morgan fingerprint density at radius 3 is 2.53 bits per heavy atom. The molecule has 98 valence electrons. The molecular weight excluding hydrogens is 247 g/mol. The molecule has 0 unspecified atom stereocenters. The number of ether oxygens (including phenoxy) is 1. The van der Waals surface area contributed by atoms with Crippen molar-refractivity contribution >= 4 is 5.84 Å². The molecule has 0 aliphatic heterocycles. The minimum absolute atomic E-state index is 0.0443. The fourth-order valence-corrected chi connectivity index (χ4v) is 1.61. The maximum Gasteiger partial charge on any atom is 0.173 e. The van der Waals surface area contributed by atoms with Crippen LogP contribution in [-0.4, -0.2) is 11.0 Å². The van der Waals surface area contributed by atoms with Crippen molar-refractivity contribution in [1.82, 2.24) is 0 Å². The van der Waals surface area contributed by atoms with Gasteiger partial charge in [-0.2, -0.15) is 0 Å². The Bertz CT molecular complexity index is 609. The van der Waals surface area contributed by atoms with Gasteiger partial charge >= 0.3 is 0 Å². The fraction of sp³-hybridized carbons (Fsp3) is 0.0714. The van der Waals surface area contributed by atoms with E-state index in [0.29, 0.717) is 17.1 Å². The molecule has 4 nitrogen and oxygen atoms in total. The van der Waals surface area contributed by atoms with Gasteiger partial charge in [0.1, 0.15) is 17.3 Å². The minimum Gasteiger partial charge on any atom is -0.457 e. The number of hydrogen-bond donors (Lipinski definition) is 2. The molecule has 0 aromatic heterocycles. The highest BCUT2D eigenvalue weighted by molar-refractivity contribution is 5.99. The Kier molecular flexibility index (Phi) is 3.66. The molecule has 0 fully saturated rings. The summed E-state index contributed by atoms with van der Waals surface area (Å²) in [5.74, 6) is 0.534. The first kappa shape index (κ1) is 12.9. The molecule has 3 N–H and O–H groups in total. The third kappa shape index (κ3) is 3.01. The molecule has 0 radical (unpaired) electrons. The number of nitrogens with zero attached hydrogens (tertiary/aromatic N) is 1. The summed E-state index contributed by atoms with van der Waals surface area (Å²) in [6.07, 6.45) is 0. The standard InChI is InChI=1S/C14H13FN2O2/c1-9-2-7-12(14(16)17-18)13(8-9)19-11-5-3-10(15)4-6-11/h2-8,18H,1H3,(H2,16,17). The van der Waals surface area contributed by atoms with Crippen LogP contribution in [0.15, 0.2) is 47.6 Å². The zero-order valence-electron chi connectivity index (χ0n) is 10.3. The Balaban J connectivity index is 2.38. The van der Waals surface area contributed by atoms with E-state index in [-0.39, 0.29) is 11.7 Å². The predicted molar refractivity (Wildman–Crippen MR) is 70.2 cm³/mol. The van der Waals surface area contributed by atoms with Gasteiger partial charge in [-0.05, 0) is 48.9 Å². The maximum atomic E-state index is 12.8. The van der Waals surface area contributed by atoms with Gasteiger partial charge in [-0.25, -0.2) is 4.39 Å². The van der Waals surface area contributed by atoms with Gasteiger partial charge in [0.05, 0.1) is 5.56 Å². The van der Waals surface area contributed by atoms with Gasteiger partial charge in [0.25, 0.3) is 0 Å². The highest BCUT2D eigenvalue weighted by Gasteiger charge is 2.09. The summed E-state index contributed by atoms with van der Waals surface area (Å²) < 4.78 is 18.5. The summed E-state index contributed by atoms with van der Waals surface area (Å²) >= 11 is 0. The number of amidine groups is 1. The zero-order chi connectivity index (χ0) is 13.8. The van der Waals surface area contributed by atoms with Crippen LogP contribution in [0, 0.1) is 12.7 Å². The SMILES string of the molecule is Cc1ccc(C(N)=NO)c(Oc2ccc(F)cc2)c1. The summed E-state index contributed by atoms with van der Waals surface area (Å²) in [6, 6.07) is 10.9. The van der Waals surface area contributed by atoms with Crippen molar-refractivity contribution in [1.29, 1.82) is 0 Å². The summed E-state index contributed by atoms with van der Waals surface area (Å²) in [5.41, 5.74) is 7.02. The number of nitrogens with two attached hydrogens (primary N) is 1. The van der Waals surface area contributed by atoms with Crippen molar-refractivity contribution in [3.8, 4) is 11.5 Å². The lowest BCUT2D eigenvalue weighted by Gasteiger charge is -2.11. The first-order chi connectivity index (χ1) is 9.10. The summed E-state index contributed by atoms with van der Waals surface area (Å²) in [5, 5.41) is 11.7. The fourth-order valence-electron chi connectivity index (χ4n) is 1.61. The Hall–Kier alpha value is -2.56. The Morgan fingerprint density at radius 2 is 1.89 bits per heavy atom. The second kappa shape index (κ2) is 5.39. The molecule has 5 heteroatoms. The van der Waals surface area contributed by atoms with Crippen LogP contribution in [0.1, 0.15) is 11.1 Å². The second-order valence-electron chi connectivity index (χ2n) is 4.04. The van der Waals surface area contributed by atoms with Gasteiger partial charge in [0.15, 0.2) is 5.84 Å². The number of aryl methyl sites for hydroxylation is 1. The van der Waals surface area contributed by atoms with Crippen LogP contribution in [0.3, 0.4) is 0 Å². The average molecular weight is 260 g/mol. The van der Waals surface area contributed by atoms with E-state index in [2.05, 4.69) is 5.16 Å². The first-order valence-corrected chi connectivity index (χ1v) is 5.62. The van der Waals surface area contributed by atoms with E-state index in [0.717, 1.165) is 5.56 Å². The smallest absolute Gasteiger partial charge is 0.173 e. The molecule has 0 aliphatic carbocycles. The molecule has 19 heavy (non-hydrogen) atoms. The lowest BCUT2D eigenvalue weighted by Crippen LogP contribution is -2.14. The number of oxime groups is 1. The lowest BCUT2D eigenvalue weighted by atomic mass is 10.1. The number of halogens is 1. The van der Waals surface area contributed by atoms with Crippen LogP contribution < -0.4 is 10.5 Å². The van der Waals surface area contributed by atoms with Gasteiger partial charge in [0, 0.05) is 0 Å². The van der Waals surface area contributed by atoms with Gasteiger partial charge in [0.2, 0.25) is 0 Å². The van der Waals surface area contributed by atoms with E-state index in [1.165, 1.54) is 24.3 Å². The summed E-state index contributed by atoms with van der Waals surface area (Å²) in [6.45, 7) is 1.90. The molecule has 0 bridgehead atoms. The third-order valence-corrected chi connectivity index (χ3v) is 2.56. The van der Waals surface area contributed by atoms with Gasteiger partial charge < -0.3 is 15.7 Å². The normalized spacial score (nSPS) is 11.4. The summed E-state index contributed by atoms with van der Waals surface area (Å²) in [7, 11) is 0. The molecule has 0 saturated carbocycles. The van der Waals surface area contributed by atoms with Crippen molar-refractivity contribution in [2.45, 2.75) is 6.92 Å². The lowest BCUT2D eigenvalue weighted by molar-refractivity contribution is 0.318. The molecule has 0 heterocycles. The van der Waals surface area contributed by atoms with Crippen molar-refractivity contribution in [2.75, 3.05) is 0 Å². The molecule has 0 atom stereocenters. The summed E-state index contributed by atoms with van der Waals surface area (Å²) in [4.78, 5) is 0. The topological polar surface area (TPSA) is 67.8 Å². The first-order valence-electron chi connectivity index (χ1n) is 5.62. The van der Waals surface area contributed by atoms with Crippen LogP contribution in [0.2, 0.25) is 0 Å². The quantitative estimate of drug-likeness (QED) is 0.386. The van der Waals surface area contributed by atoms with Crippen LogP contribution in [0.5, 0.6) is 11.5 Å². The van der Waals surface area contributed by atoms with E-state index < -0.39 is 0 Å². The third-order valence-electron chi connectivity index (χ3n) is 2.56. The van der Waals surface area contributed by atoms with Gasteiger partial charge in [-0.3, -0.25) is 0 Å². The predicted octanol–water partition coefficient (Wildman–Crippen LogP) is 3.02. The van der Waals surface area contributed by atoms with Crippen LogP contribution in [0.25, 0.3) is 0 Å². The van der Waals surface area contributed by atoms with Crippen molar-refractivity contribution in [3.63, 3.8) is 0 Å². The number of rotatable bonds is 3. The largest absolute Gasteiger partial charge is 0.457 e. The van der Waals surface area contributed by atoms with Crippen LogP contribution in [0.4, 0.5) is 4.39 Å². The van der Waals surface area contributed by atoms with Crippen molar-refractivity contribution in [3.05, 3.63) is 59.4 Å². The highest BCUT2D eigenvalue weighted by Crippen LogP contribution is 2.26. The number of hydrogen-bond acceptors (Lipinski definition) is 3. The molecule has 0 aliphatic rings. The average Bonchev–Trinajstić information content (AvgIpc) is 2.41. The zero-order valence-corrected chi connectivity index (χ0v) is 10.3. The molecule has 0 spiro atoms. The molecule has 2 aromatic carbocycles. The molecule has 2 rings (SSSR count). The highest BCUT2D eigenvalue weighted by atomic mass is 19.1. The van der Waals surface area contributed by atoms with E-state index >= 15 is 0 Å². The van der Waals surface area contributed by atoms with E-state index in [1.807, 2.05) is 13.0 Å². The van der Waals surface area contributed by atoms with Crippen molar-refractivity contribution < 1.29 is 14.3 Å². The van der Waals surface area contributed by atoms with E-state index in [1.54, 1.807) is 12.1 Å². The second-order valence-corrected chi connectivity index (χ2v) is 4.04. The van der Waals surface area contributed by atoms with Crippen LogP contribution >= 0.6 is 0 Å². The Labute approximate surface area is 109 Å². The van der Waals surface area contributed by atoms with Crippen LogP contribution in [-0.2, 0) is 0 Å². The minimum atomic E-state index is -0.340. The van der Waals surface area contributed by atoms with E-state index in [4.69, 9.17) is 15.7 Å².